The summed E-state index contributed by atoms with van der Waals surface area (Å²) in [6.07, 6.45) is 3.84. The van der Waals surface area contributed by atoms with Gasteiger partial charge in [-0.15, -0.1) is 0 Å². The van der Waals surface area contributed by atoms with Crippen LogP contribution in [0.5, 0.6) is 5.88 Å². The van der Waals surface area contributed by atoms with Crippen molar-refractivity contribution in [3.05, 3.63) is 51.3 Å². The van der Waals surface area contributed by atoms with Crippen molar-refractivity contribution in [2.24, 2.45) is 0 Å². The lowest BCUT2D eigenvalue weighted by molar-refractivity contribution is -0.384. The van der Waals surface area contributed by atoms with Crippen molar-refractivity contribution in [2.45, 2.75) is 19.1 Å². The summed E-state index contributed by atoms with van der Waals surface area (Å²) in [7, 11) is 0. The first-order valence-electron chi connectivity index (χ1n) is 7.35. The van der Waals surface area contributed by atoms with Gasteiger partial charge < -0.3 is 14.8 Å². The molecule has 0 aromatic carbocycles. The van der Waals surface area contributed by atoms with Gasteiger partial charge >= 0.3 is 5.69 Å². The summed E-state index contributed by atoms with van der Waals surface area (Å²) < 4.78 is 11.0. The van der Waals surface area contributed by atoms with Crippen molar-refractivity contribution < 1.29 is 14.4 Å². The molecule has 1 N–H and O–H groups in total. The lowest BCUT2D eigenvalue weighted by Crippen LogP contribution is -2.16. The second-order valence-corrected chi connectivity index (χ2v) is 5.67. The van der Waals surface area contributed by atoms with Gasteiger partial charge in [-0.3, -0.25) is 10.1 Å². The minimum absolute atomic E-state index is 0.0136. The van der Waals surface area contributed by atoms with Crippen LogP contribution < -0.4 is 10.1 Å². The standard InChI is InChI=1S/C15H15ClN4O4/c16-11-6-13(20(21)22)15(19-8-11)18-7-10-1-3-17-14(5-10)24-12-2-4-23-9-12/h1,3,5-6,8,12H,2,4,7,9H2,(H,18,19). The highest BCUT2D eigenvalue weighted by Gasteiger charge is 2.18. The van der Waals surface area contributed by atoms with E-state index in [1.165, 1.54) is 12.3 Å². The molecule has 2 aromatic heterocycles. The maximum Gasteiger partial charge on any atom is 0.312 e. The third-order valence-electron chi connectivity index (χ3n) is 3.47. The monoisotopic (exact) mass is 350 g/mol. The molecule has 1 atom stereocenters. The van der Waals surface area contributed by atoms with Crippen LogP contribution in [0.15, 0.2) is 30.6 Å². The zero-order chi connectivity index (χ0) is 16.9. The van der Waals surface area contributed by atoms with Gasteiger partial charge in [0.15, 0.2) is 0 Å². The van der Waals surface area contributed by atoms with Crippen molar-refractivity contribution in [3.63, 3.8) is 0 Å². The summed E-state index contributed by atoms with van der Waals surface area (Å²) in [5.41, 5.74) is 0.695. The maximum absolute atomic E-state index is 11.1. The highest BCUT2D eigenvalue weighted by molar-refractivity contribution is 6.30. The maximum atomic E-state index is 11.1. The van der Waals surface area contributed by atoms with Crippen molar-refractivity contribution in [1.29, 1.82) is 0 Å². The molecule has 1 saturated heterocycles. The van der Waals surface area contributed by atoms with E-state index >= 15 is 0 Å². The van der Waals surface area contributed by atoms with E-state index in [2.05, 4.69) is 15.3 Å². The molecule has 2 aromatic rings. The van der Waals surface area contributed by atoms with E-state index in [4.69, 9.17) is 21.1 Å². The van der Waals surface area contributed by atoms with E-state index < -0.39 is 4.92 Å². The van der Waals surface area contributed by atoms with Gasteiger partial charge in [-0.05, 0) is 11.6 Å². The van der Waals surface area contributed by atoms with Gasteiger partial charge in [-0.25, -0.2) is 9.97 Å². The number of anilines is 1. The second kappa shape index (κ2) is 7.41. The first kappa shape index (κ1) is 16.4. The molecule has 0 aliphatic carbocycles. The van der Waals surface area contributed by atoms with Gasteiger partial charge in [0.05, 0.1) is 23.2 Å². The van der Waals surface area contributed by atoms with E-state index in [1.807, 2.05) is 0 Å². The summed E-state index contributed by atoms with van der Waals surface area (Å²) in [5, 5.41) is 14.2. The smallest absolute Gasteiger partial charge is 0.312 e. The molecule has 126 valence electrons. The van der Waals surface area contributed by atoms with E-state index in [0.717, 1.165) is 12.0 Å². The number of nitrogens with one attached hydrogen (secondary N) is 1. The second-order valence-electron chi connectivity index (χ2n) is 5.24. The minimum atomic E-state index is -0.525. The van der Waals surface area contributed by atoms with Gasteiger partial charge in [0.1, 0.15) is 6.10 Å². The summed E-state index contributed by atoms with van der Waals surface area (Å²) in [6, 6.07) is 4.85. The van der Waals surface area contributed by atoms with Crippen molar-refractivity contribution >= 4 is 23.1 Å². The molecule has 3 heterocycles. The van der Waals surface area contributed by atoms with Crippen LogP contribution in [0, 0.1) is 10.1 Å². The highest BCUT2D eigenvalue weighted by Crippen LogP contribution is 2.25. The lowest BCUT2D eigenvalue weighted by Gasteiger charge is -2.12. The molecule has 24 heavy (non-hydrogen) atoms. The molecule has 0 radical (unpaired) electrons. The molecule has 9 heteroatoms. The third kappa shape index (κ3) is 4.09. The van der Waals surface area contributed by atoms with Crippen LogP contribution in [0.3, 0.4) is 0 Å². The molecule has 1 fully saturated rings. The Labute approximate surface area is 142 Å². The molecule has 1 aliphatic rings. The predicted octanol–water partition coefficient (Wildman–Crippen LogP) is 2.82. The Morgan fingerprint density at radius 1 is 1.46 bits per heavy atom. The number of pyridine rings is 2. The Kier molecular flexibility index (Phi) is 5.07. The van der Waals surface area contributed by atoms with Crippen LogP contribution in [-0.2, 0) is 11.3 Å². The summed E-state index contributed by atoms with van der Waals surface area (Å²) in [4.78, 5) is 18.7. The van der Waals surface area contributed by atoms with E-state index in [1.54, 1.807) is 18.3 Å². The Balaban J connectivity index is 1.67. The molecular formula is C15H15ClN4O4. The van der Waals surface area contributed by atoms with Gasteiger partial charge in [0, 0.05) is 37.5 Å². The lowest BCUT2D eigenvalue weighted by atomic mass is 10.2. The van der Waals surface area contributed by atoms with Crippen LogP contribution in [0.25, 0.3) is 0 Å². The SMILES string of the molecule is O=[N+]([O-])c1cc(Cl)cnc1NCc1ccnc(OC2CCOC2)c1. The normalized spacial score (nSPS) is 16.8. The first-order chi connectivity index (χ1) is 11.6. The molecular weight excluding hydrogens is 336 g/mol. The quantitative estimate of drug-likeness (QED) is 0.631. The molecule has 1 aliphatic heterocycles. The Hall–Kier alpha value is -2.45. The van der Waals surface area contributed by atoms with Gasteiger partial charge in [-0.2, -0.15) is 0 Å². The fourth-order valence-electron chi connectivity index (χ4n) is 2.29. The van der Waals surface area contributed by atoms with Crippen LogP contribution in [-0.4, -0.2) is 34.2 Å². The number of nitrogens with zero attached hydrogens (tertiary/aromatic N) is 3. The Morgan fingerprint density at radius 2 is 2.33 bits per heavy atom. The van der Waals surface area contributed by atoms with Crippen LogP contribution in [0.2, 0.25) is 5.02 Å². The zero-order valence-corrected chi connectivity index (χ0v) is 13.4. The van der Waals surface area contributed by atoms with Crippen LogP contribution in [0.4, 0.5) is 11.5 Å². The number of nitro groups is 1. The highest BCUT2D eigenvalue weighted by atomic mass is 35.5. The molecule has 0 spiro atoms. The van der Waals surface area contributed by atoms with Crippen molar-refractivity contribution in [2.75, 3.05) is 18.5 Å². The van der Waals surface area contributed by atoms with Gasteiger partial charge in [-0.1, -0.05) is 11.6 Å². The Morgan fingerprint density at radius 3 is 3.08 bits per heavy atom. The number of hydrogen-bond donors (Lipinski definition) is 1. The number of aromatic nitrogens is 2. The Bertz CT molecular complexity index is 737. The first-order valence-corrected chi connectivity index (χ1v) is 7.73. The minimum Gasteiger partial charge on any atom is -0.472 e. The number of halogens is 1. The summed E-state index contributed by atoms with van der Waals surface area (Å²) in [6.45, 7) is 1.60. The number of hydrogen-bond acceptors (Lipinski definition) is 7. The fourth-order valence-corrected chi connectivity index (χ4v) is 2.44. The van der Waals surface area contributed by atoms with Gasteiger partial charge in [0.25, 0.3) is 0 Å². The molecule has 0 saturated carbocycles. The van der Waals surface area contributed by atoms with Crippen LogP contribution in [0.1, 0.15) is 12.0 Å². The fraction of sp³-hybridized carbons (Fsp3) is 0.333. The van der Waals surface area contributed by atoms with E-state index in [0.29, 0.717) is 25.6 Å². The zero-order valence-electron chi connectivity index (χ0n) is 12.6. The average molecular weight is 351 g/mol. The van der Waals surface area contributed by atoms with Crippen molar-refractivity contribution in [1.82, 2.24) is 9.97 Å². The molecule has 1 unspecified atom stereocenters. The van der Waals surface area contributed by atoms with E-state index in [9.17, 15) is 10.1 Å². The van der Waals surface area contributed by atoms with Gasteiger partial charge in [0.2, 0.25) is 11.7 Å². The molecule has 0 amide bonds. The molecule has 8 nitrogen and oxygen atoms in total. The van der Waals surface area contributed by atoms with E-state index in [-0.39, 0.29) is 22.6 Å². The van der Waals surface area contributed by atoms with Crippen LogP contribution >= 0.6 is 11.6 Å². The number of ether oxygens (including phenoxy) is 2. The molecule has 3 rings (SSSR count). The predicted molar refractivity (Wildman–Crippen MR) is 87.3 cm³/mol. The largest absolute Gasteiger partial charge is 0.472 e. The molecule has 0 bridgehead atoms. The topological polar surface area (TPSA) is 99.4 Å². The summed E-state index contributed by atoms with van der Waals surface area (Å²) in [5.74, 6) is 0.663. The number of rotatable bonds is 6. The summed E-state index contributed by atoms with van der Waals surface area (Å²) >= 11 is 5.75. The third-order valence-corrected chi connectivity index (χ3v) is 3.67. The van der Waals surface area contributed by atoms with Crippen molar-refractivity contribution in [3.8, 4) is 5.88 Å². The average Bonchev–Trinajstić information content (AvgIpc) is 3.07.